The average Bonchev–Trinajstić information content (AvgIpc) is 2.74. The fourth-order valence-corrected chi connectivity index (χ4v) is 2.61. The molecule has 2 rings (SSSR count). The zero-order valence-corrected chi connectivity index (χ0v) is 17.3. The van der Waals surface area contributed by atoms with Gasteiger partial charge in [0.1, 0.15) is 11.5 Å². The number of amides is 1. The molecule has 1 N–H and O–H groups in total. The molecule has 0 radical (unpaired) electrons. The number of methoxy groups -OCH3 is 1. The quantitative estimate of drug-likeness (QED) is 0.432. The Hall–Kier alpha value is -3.02. The first-order valence-electron chi connectivity index (χ1n) is 9.92. The van der Waals surface area contributed by atoms with Gasteiger partial charge in [0, 0.05) is 5.69 Å². The van der Waals surface area contributed by atoms with Gasteiger partial charge in [0.05, 0.1) is 19.3 Å². The van der Waals surface area contributed by atoms with Gasteiger partial charge in [0.25, 0.3) is 5.91 Å². The summed E-state index contributed by atoms with van der Waals surface area (Å²) in [6.07, 6.45) is 3.63. The summed E-state index contributed by atoms with van der Waals surface area (Å²) in [5.74, 6) is 0.437. The molecule has 0 bridgehead atoms. The molecule has 156 valence electrons. The van der Waals surface area contributed by atoms with E-state index in [1.807, 2.05) is 0 Å². The van der Waals surface area contributed by atoms with E-state index in [0.717, 1.165) is 12.8 Å². The molecule has 0 saturated carbocycles. The van der Waals surface area contributed by atoms with Crippen LogP contribution in [-0.4, -0.2) is 31.7 Å². The molecule has 6 nitrogen and oxygen atoms in total. The minimum atomic E-state index is -0.931. The number of ether oxygens (including phenoxy) is 3. The van der Waals surface area contributed by atoms with Gasteiger partial charge in [-0.2, -0.15) is 0 Å². The van der Waals surface area contributed by atoms with Crippen LogP contribution in [0, 0.1) is 0 Å². The van der Waals surface area contributed by atoms with Crippen molar-refractivity contribution in [1.82, 2.24) is 0 Å². The van der Waals surface area contributed by atoms with Crippen molar-refractivity contribution in [1.29, 1.82) is 0 Å². The van der Waals surface area contributed by atoms with E-state index in [4.69, 9.17) is 14.2 Å². The fourth-order valence-electron chi connectivity index (χ4n) is 2.61. The summed E-state index contributed by atoms with van der Waals surface area (Å²) in [6, 6.07) is 13.6. The lowest BCUT2D eigenvalue weighted by Crippen LogP contribution is -2.29. The summed E-state index contributed by atoms with van der Waals surface area (Å²) in [7, 11) is 1.57. The van der Waals surface area contributed by atoms with Gasteiger partial charge in [-0.15, -0.1) is 0 Å². The number of anilines is 1. The third-order valence-electron chi connectivity index (χ3n) is 4.37. The van der Waals surface area contributed by atoms with Gasteiger partial charge in [-0.05, 0) is 61.9 Å². The van der Waals surface area contributed by atoms with E-state index >= 15 is 0 Å². The van der Waals surface area contributed by atoms with Crippen molar-refractivity contribution in [2.45, 2.75) is 45.6 Å². The second kappa shape index (κ2) is 11.7. The molecule has 0 unspecified atom stereocenters. The van der Waals surface area contributed by atoms with E-state index in [9.17, 15) is 9.59 Å². The summed E-state index contributed by atoms with van der Waals surface area (Å²) in [5.41, 5.74) is 0.964. The predicted octanol–water partition coefficient (Wildman–Crippen LogP) is 4.84. The second-order valence-electron chi connectivity index (χ2n) is 6.70. The van der Waals surface area contributed by atoms with Crippen LogP contribution in [0.1, 0.15) is 49.9 Å². The van der Waals surface area contributed by atoms with Crippen LogP contribution in [0.5, 0.6) is 11.5 Å². The number of hydrogen-bond donors (Lipinski definition) is 1. The summed E-state index contributed by atoms with van der Waals surface area (Å²) in [6.45, 7) is 4.36. The van der Waals surface area contributed by atoms with Crippen LogP contribution in [0.2, 0.25) is 0 Å². The minimum absolute atomic E-state index is 0.368. The van der Waals surface area contributed by atoms with Crippen molar-refractivity contribution >= 4 is 17.6 Å². The molecule has 1 amide bonds. The Balaban J connectivity index is 1.80. The Morgan fingerprint density at radius 2 is 1.59 bits per heavy atom. The topological polar surface area (TPSA) is 73.9 Å². The van der Waals surface area contributed by atoms with Gasteiger partial charge in [-0.25, -0.2) is 4.79 Å². The lowest BCUT2D eigenvalue weighted by molar-refractivity contribution is -0.123. The first-order chi connectivity index (χ1) is 14.0. The fraction of sp³-hybridized carbons (Fsp3) is 0.391. The lowest BCUT2D eigenvalue weighted by Gasteiger charge is -2.14. The minimum Gasteiger partial charge on any atom is -0.497 e. The number of carbonyl (C=O) groups is 2. The van der Waals surface area contributed by atoms with Crippen LogP contribution < -0.4 is 14.8 Å². The summed E-state index contributed by atoms with van der Waals surface area (Å²) < 4.78 is 16.0. The Kier molecular flexibility index (Phi) is 9.02. The molecule has 6 heteroatoms. The number of esters is 1. The second-order valence-corrected chi connectivity index (χ2v) is 6.70. The molecule has 0 aliphatic rings. The normalized spacial score (nSPS) is 11.4. The molecule has 2 aromatic rings. The Bertz CT molecular complexity index is 771. The molecule has 0 saturated heterocycles. The number of carbonyl (C=O) groups excluding carboxylic acids is 2. The third-order valence-corrected chi connectivity index (χ3v) is 4.37. The maximum atomic E-state index is 12.3. The molecule has 1 atom stereocenters. The highest BCUT2D eigenvalue weighted by Crippen LogP contribution is 2.17. The van der Waals surface area contributed by atoms with Gasteiger partial charge < -0.3 is 19.5 Å². The zero-order valence-electron chi connectivity index (χ0n) is 17.3. The van der Waals surface area contributed by atoms with E-state index in [2.05, 4.69) is 12.2 Å². The summed E-state index contributed by atoms with van der Waals surface area (Å²) in [5, 5.41) is 2.70. The maximum absolute atomic E-state index is 12.3. The molecule has 0 heterocycles. The van der Waals surface area contributed by atoms with Gasteiger partial charge >= 0.3 is 5.97 Å². The van der Waals surface area contributed by atoms with Crippen molar-refractivity contribution in [3.8, 4) is 11.5 Å². The smallest absolute Gasteiger partial charge is 0.338 e. The first kappa shape index (κ1) is 22.3. The molecular weight excluding hydrogens is 370 g/mol. The molecule has 0 fully saturated rings. The molecule has 0 aromatic heterocycles. The number of rotatable bonds is 11. The third kappa shape index (κ3) is 7.49. The molecule has 2 aromatic carbocycles. The van der Waals surface area contributed by atoms with Gasteiger partial charge in [-0.1, -0.05) is 26.2 Å². The van der Waals surface area contributed by atoms with Crippen LogP contribution in [0.3, 0.4) is 0 Å². The van der Waals surface area contributed by atoms with Gasteiger partial charge in [0.2, 0.25) is 0 Å². The van der Waals surface area contributed by atoms with Crippen molar-refractivity contribution in [2.75, 3.05) is 19.0 Å². The average molecular weight is 399 g/mol. The molecule has 0 aliphatic carbocycles. The van der Waals surface area contributed by atoms with E-state index in [-0.39, 0.29) is 0 Å². The van der Waals surface area contributed by atoms with Crippen LogP contribution in [0.4, 0.5) is 5.69 Å². The largest absolute Gasteiger partial charge is 0.497 e. The van der Waals surface area contributed by atoms with Crippen LogP contribution >= 0.6 is 0 Å². The number of unbranched alkanes of at least 4 members (excludes halogenated alkanes) is 3. The van der Waals surface area contributed by atoms with Crippen LogP contribution in [-0.2, 0) is 9.53 Å². The highest BCUT2D eigenvalue weighted by molar-refractivity contribution is 5.97. The highest BCUT2D eigenvalue weighted by atomic mass is 16.5. The van der Waals surface area contributed by atoms with E-state index < -0.39 is 18.0 Å². The lowest BCUT2D eigenvalue weighted by atomic mass is 10.2. The summed E-state index contributed by atoms with van der Waals surface area (Å²) >= 11 is 0. The number of benzene rings is 2. The first-order valence-corrected chi connectivity index (χ1v) is 9.92. The highest BCUT2D eigenvalue weighted by Gasteiger charge is 2.19. The SMILES string of the molecule is CCCCCCOc1ccc(C(=O)O[C@H](C)C(=O)Nc2ccc(OC)cc2)cc1. The zero-order chi connectivity index (χ0) is 21.1. The Labute approximate surface area is 172 Å². The van der Waals surface area contributed by atoms with E-state index in [1.54, 1.807) is 55.6 Å². The monoisotopic (exact) mass is 399 g/mol. The van der Waals surface area contributed by atoms with Crippen LogP contribution in [0.15, 0.2) is 48.5 Å². The maximum Gasteiger partial charge on any atom is 0.338 e. The van der Waals surface area contributed by atoms with Gasteiger partial charge in [-0.3, -0.25) is 4.79 Å². The molecule has 0 aliphatic heterocycles. The van der Waals surface area contributed by atoms with Crippen molar-refractivity contribution in [2.24, 2.45) is 0 Å². The summed E-state index contributed by atoms with van der Waals surface area (Å²) in [4.78, 5) is 24.5. The Morgan fingerprint density at radius 1 is 0.931 bits per heavy atom. The molecular formula is C23H29NO5. The van der Waals surface area contributed by atoms with Crippen molar-refractivity contribution in [3.05, 3.63) is 54.1 Å². The van der Waals surface area contributed by atoms with E-state index in [0.29, 0.717) is 29.4 Å². The molecule has 29 heavy (non-hydrogen) atoms. The van der Waals surface area contributed by atoms with Gasteiger partial charge in [0.15, 0.2) is 6.10 Å². The van der Waals surface area contributed by atoms with Crippen molar-refractivity contribution in [3.63, 3.8) is 0 Å². The van der Waals surface area contributed by atoms with Crippen LogP contribution in [0.25, 0.3) is 0 Å². The number of nitrogens with one attached hydrogen (secondary N) is 1. The van der Waals surface area contributed by atoms with E-state index in [1.165, 1.54) is 19.8 Å². The predicted molar refractivity (Wildman–Crippen MR) is 113 cm³/mol. The Morgan fingerprint density at radius 3 is 2.21 bits per heavy atom. The molecule has 0 spiro atoms. The number of hydrogen-bond acceptors (Lipinski definition) is 5. The standard InChI is InChI=1S/C23H29NO5/c1-4-5-6-7-16-28-21-12-8-18(9-13-21)23(26)29-17(2)22(25)24-19-10-14-20(27-3)15-11-19/h8-15,17H,4-7,16H2,1-3H3,(H,24,25)/t17-/m1/s1. The van der Waals surface area contributed by atoms with Crippen molar-refractivity contribution < 1.29 is 23.8 Å².